The maximum Gasteiger partial charge on any atom is 0.264 e. The monoisotopic (exact) mass is 748 g/mol. The van der Waals surface area contributed by atoms with E-state index in [9.17, 15) is 14.7 Å². The molecule has 1 fully saturated rings. The van der Waals surface area contributed by atoms with Gasteiger partial charge in [-0.05, 0) is 85.2 Å². The number of nitrogens with two attached hydrogens (primary N) is 1. The molecular weight excluding hydrogens is 704 g/mol. The van der Waals surface area contributed by atoms with Crippen LogP contribution in [0.3, 0.4) is 0 Å². The summed E-state index contributed by atoms with van der Waals surface area (Å²) in [6, 6.07) is 29.2. The lowest BCUT2D eigenvalue weighted by Gasteiger charge is -2.31. The van der Waals surface area contributed by atoms with Crippen LogP contribution < -0.4 is 20.7 Å². The van der Waals surface area contributed by atoms with E-state index in [4.69, 9.17) is 15.2 Å². The van der Waals surface area contributed by atoms with Crippen LogP contribution in [-0.2, 0) is 28.2 Å². The Kier molecular flexibility index (Phi) is 10.1. The number of amides is 2. The summed E-state index contributed by atoms with van der Waals surface area (Å²) in [7, 11) is -1.83. The number of carbonyl (C=O) groups is 2. The second-order valence-corrected chi connectivity index (χ2v) is 18.5. The highest BCUT2D eigenvalue weighted by molar-refractivity contribution is 6.72. The molecule has 5 atom stereocenters. The summed E-state index contributed by atoms with van der Waals surface area (Å²) >= 11 is 0. The topological polar surface area (TPSA) is 145 Å². The molecule has 4 N–H and O–H groups in total. The smallest absolute Gasteiger partial charge is 0.264 e. The Balaban J connectivity index is 1.13. The lowest BCUT2D eigenvalue weighted by atomic mass is 9.82. The number of anilines is 3. The maximum absolute atomic E-state index is 16.5. The minimum atomic E-state index is -3.41. The van der Waals surface area contributed by atoms with Gasteiger partial charge in [-0.1, -0.05) is 54.6 Å². The fraction of sp³-hybridized carbons (Fsp3) is 0.317. The Labute approximate surface area is 315 Å². The van der Waals surface area contributed by atoms with Gasteiger partial charge < -0.3 is 34.6 Å². The number of nitrogens with zero attached hydrogens (tertiary/aromatic N) is 4. The molecule has 2 amide bonds. The first-order chi connectivity index (χ1) is 25.9. The van der Waals surface area contributed by atoms with E-state index in [2.05, 4.69) is 15.6 Å². The summed E-state index contributed by atoms with van der Waals surface area (Å²) in [4.78, 5) is 29.3. The third-order valence-electron chi connectivity index (χ3n) is 10.8. The van der Waals surface area contributed by atoms with Crippen LogP contribution in [0.4, 0.5) is 21.2 Å². The van der Waals surface area contributed by atoms with E-state index in [0.29, 0.717) is 52.6 Å². The summed E-state index contributed by atoms with van der Waals surface area (Å²) < 4.78 is 30.7. The molecule has 2 aliphatic heterocycles. The van der Waals surface area contributed by atoms with Crippen molar-refractivity contribution in [2.75, 3.05) is 29.7 Å². The predicted octanol–water partition coefficient (Wildman–Crippen LogP) is 6.66. The summed E-state index contributed by atoms with van der Waals surface area (Å²) in [6.07, 6.45) is 1.64. The number of ether oxygens (including phenoxy) is 2. The van der Waals surface area contributed by atoms with Gasteiger partial charge in [0.1, 0.15) is 5.75 Å². The molecule has 1 saturated heterocycles. The first-order valence-corrected chi connectivity index (χ1v) is 21.1. The van der Waals surface area contributed by atoms with Gasteiger partial charge in [0.05, 0.1) is 43.7 Å². The van der Waals surface area contributed by atoms with Crippen molar-refractivity contribution in [1.82, 2.24) is 15.0 Å². The van der Waals surface area contributed by atoms with Gasteiger partial charge in [-0.2, -0.15) is 0 Å². The van der Waals surface area contributed by atoms with E-state index in [-0.39, 0.29) is 30.9 Å². The SMILES string of the molecule is COc1ccc2c(c1)[C@@]1(O[C@H](CCn3cc(C(CO)c4ccccc4)nn3)[C@@H]([Si](C)(C)F)[C@@H]1C)C(=O)N2Cc1ccc(NC(=O)c2ccc(N)cc2)cc1. The number of benzene rings is 4. The molecule has 0 bridgehead atoms. The third kappa shape index (κ3) is 6.90. The molecule has 54 heavy (non-hydrogen) atoms. The Morgan fingerprint density at radius 3 is 2.46 bits per heavy atom. The molecule has 280 valence electrons. The van der Waals surface area contributed by atoms with E-state index in [1.807, 2.05) is 73.8 Å². The van der Waals surface area contributed by atoms with Crippen molar-refractivity contribution in [3.63, 3.8) is 0 Å². The largest absolute Gasteiger partial charge is 0.497 e. The minimum Gasteiger partial charge on any atom is -0.497 e. The van der Waals surface area contributed by atoms with Gasteiger partial charge >= 0.3 is 0 Å². The van der Waals surface area contributed by atoms with Gasteiger partial charge in [0.15, 0.2) is 5.60 Å². The molecule has 0 aliphatic carbocycles. The van der Waals surface area contributed by atoms with Crippen LogP contribution in [0.2, 0.25) is 18.6 Å². The van der Waals surface area contributed by atoms with Crippen LogP contribution in [0.15, 0.2) is 103 Å². The van der Waals surface area contributed by atoms with Crippen molar-refractivity contribution >= 4 is 37.3 Å². The minimum absolute atomic E-state index is 0.120. The molecule has 0 radical (unpaired) electrons. The first kappa shape index (κ1) is 37.0. The van der Waals surface area contributed by atoms with Gasteiger partial charge in [-0.3, -0.25) is 14.3 Å². The molecule has 7 rings (SSSR count). The van der Waals surface area contributed by atoms with Crippen molar-refractivity contribution in [3.05, 3.63) is 131 Å². The Hall–Kier alpha value is -5.37. The molecule has 13 heteroatoms. The van der Waals surface area contributed by atoms with Gasteiger partial charge in [-0.15, -0.1) is 5.10 Å². The summed E-state index contributed by atoms with van der Waals surface area (Å²) in [5.74, 6) is -0.741. The number of aryl methyl sites for hydroxylation is 1. The van der Waals surface area contributed by atoms with E-state index < -0.39 is 31.6 Å². The first-order valence-electron chi connectivity index (χ1n) is 18.1. The highest BCUT2D eigenvalue weighted by Gasteiger charge is 2.66. The Morgan fingerprint density at radius 2 is 1.80 bits per heavy atom. The molecule has 4 aromatic carbocycles. The Bertz CT molecular complexity index is 2120. The van der Waals surface area contributed by atoms with Crippen molar-refractivity contribution in [3.8, 4) is 5.75 Å². The maximum atomic E-state index is 16.5. The predicted molar refractivity (Wildman–Crippen MR) is 207 cm³/mol. The molecule has 3 heterocycles. The summed E-state index contributed by atoms with van der Waals surface area (Å²) in [5.41, 5.74) is 9.25. The van der Waals surface area contributed by atoms with Gasteiger partial charge in [0.25, 0.3) is 11.8 Å². The standard InChI is InChI=1S/C41H45FN6O5Si/c1-26-38(54(3,4)42)37(20-21-47-24-35(45-46-47)33(25-49)28-8-6-5-7-9-28)53-41(26)34-22-32(52-2)18-19-36(34)48(40(41)51)23-27-10-16-31(17-11-27)44-39(50)29-12-14-30(43)15-13-29/h5-19,22,24,26,33,37-38,49H,20-21,23,25,43H2,1-4H3,(H,44,50)/t26-,33?,37+,38-,41+/m0/s1. The normalized spacial score (nSPS) is 21.3. The number of carbonyl (C=O) groups excluding carboxylic acids is 2. The summed E-state index contributed by atoms with van der Waals surface area (Å²) in [5, 5.41) is 21.8. The van der Waals surface area contributed by atoms with Crippen LogP contribution in [0.5, 0.6) is 5.75 Å². The zero-order valence-electron chi connectivity index (χ0n) is 30.8. The highest BCUT2D eigenvalue weighted by Crippen LogP contribution is 2.60. The van der Waals surface area contributed by atoms with E-state index in [0.717, 1.165) is 11.1 Å². The molecule has 2 aliphatic rings. The van der Waals surface area contributed by atoms with Crippen LogP contribution >= 0.6 is 0 Å². The molecule has 1 aromatic heterocycles. The average Bonchev–Trinajstić information content (AvgIpc) is 3.82. The van der Waals surface area contributed by atoms with Crippen LogP contribution in [0.25, 0.3) is 0 Å². The molecule has 11 nitrogen and oxygen atoms in total. The van der Waals surface area contributed by atoms with Crippen molar-refractivity contribution < 1.29 is 28.3 Å². The number of hydrogen-bond acceptors (Lipinski definition) is 8. The number of hydrogen-bond donors (Lipinski definition) is 3. The summed E-state index contributed by atoms with van der Waals surface area (Å²) in [6.45, 7) is 5.80. The lowest BCUT2D eigenvalue weighted by molar-refractivity contribution is -0.146. The number of aliphatic hydroxyl groups excluding tert-OH is 1. The van der Waals surface area contributed by atoms with Crippen molar-refractivity contribution in [2.24, 2.45) is 5.92 Å². The van der Waals surface area contributed by atoms with Crippen LogP contribution in [0.1, 0.15) is 52.0 Å². The van der Waals surface area contributed by atoms with Gasteiger partial charge in [-0.25, -0.2) is 0 Å². The average molecular weight is 749 g/mol. The number of rotatable bonds is 12. The fourth-order valence-electron chi connectivity index (χ4n) is 8.19. The van der Waals surface area contributed by atoms with Crippen LogP contribution in [-0.4, -0.2) is 60.1 Å². The Morgan fingerprint density at radius 1 is 1.07 bits per heavy atom. The highest BCUT2D eigenvalue weighted by atomic mass is 28.4. The third-order valence-corrected chi connectivity index (χ3v) is 13.3. The number of nitrogen functional groups attached to an aromatic ring is 1. The van der Waals surface area contributed by atoms with E-state index in [1.165, 1.54) is 0 Å². The number of aromatic nitrogens is 3. The van der Waals surface area contributed by atoms with E-state index in [1.54, 1.807) is 66.2 Å². The molecular formula is C41H45FN6O5Si. The number of methoxy groups -OCH3 is 1. The van der Waals surface area contributed by atoms with Crippen molar-refractivity contribution in [2.45, 2.75) is 62.7 Å². The van der Waals surface area contributed by atoms with Gasteiger partial charge in [0, 0.05) is 46.7 Å². The second-order valence-electron chi connectivity index (χ2n) is 14.7. The number of aliphatic hydroxyl groups is 1. The molecule has 0 saturated carbocycles. The number of nitrogens with one attached hydrogen (secondary N) is 1. The second kappa shape index (κ2) is 14.8. The van der Waals surface area contributed by atoms with E-state index >= 15 is 4.11 Å². The van der Waals surface area contributed by atoms with Crippen LogP contribution in [0, 0.1) is 5.92 Å². The zero-order valence-corrected chi connectivity index (χ0v) is 31.8. The fourth-order valence-corrected chi connectivity index (χ4v) is 10.7. The number of halogens is 1. The zero-order chi connectivity index (χ0) is 38.2. The molecule has 1 spiro atoms. The number of fused-ring (bicyclic) bond motifs is 2. The lowest BCUT2D eigenvalue weighted by Crippen LogP contribution is -2.45. The van der Waals surface area contributed by atoms with Crippen molar-refractivity contribution in [1.29, 1.82) is 0 Å². The quantitative estimate of drug-likeness (QED) is 0.0731. The molecule has 1 unspecified atom stereocenters. The van der Waals surface area contributed by atoms with Gasteiger partial charge in [0.2, 0.25) is 8.41 Å². The molecule has 5 aromatic rings.